The monoisotopic (exact) mass is 274 g/mol. The second kappa shape index (κ2) is 12.6. The van der Waals surface area contributed by atoms with Crippen molar-refractivity contribution in [3.05, 3.63) is 12.2 Å². The minimum absolute atomic E-state index is 0.646. The van der Waals surface area contributed by atoms with Gasteiger partial charge < -0.3 is 0 Å². The van der Waals surface area contributed by atoms with E-state index in [1.165, 1.54) is 57.8 Å². The number of hydrogen-bond acceptors (Lipinski definition) is 5. The molecule has 19 heavy (non-hydrogen) atoms. The fourth-order valence-electron chi connectivity index (χ4n) is 1.98. The second-order valence-corrected chi connectivity index (χ2v) is 4.81. The fourth-order valence-corrected chi connectivity index (χ4v) is 1.98. The van der Waals surface area contributed by atoms with Gasteiger partial charge in [0.25, 0.3) is 0 Å². The molecule has 1 aliphatic rings. The van der Waals surface area contributed by atoms with E-state index in [1.807, 2.05) is 6.08 Å². The van der Waals surface area contributed by atoms with Crippen molar-refractivity contribution in [1.29, 1.82) is 0 Å². The molecule has 1 fully saturated rings. The molecule has 0 aromatic heterocycles. The van der Waals surface area contributed by atoms with E-state index in [1.54, 1.807) is 6.08 Å². The number of rotatable bonds is 11. The summed E-state index contributed by atoms with van der Waals surface area (Å²) in [5.41, 5.74) is 0. The molecule has 0 bridgehead atoms. The van der Waals surface area contributed by atoms with Gasteiger partial charge in [-0.2, -0.15) is 9.78 Å². The van der Waals surface area contributed by atoms with Crippen LogP contribution in [0, 0.1) is 0 Å². The Morgan fingerprint density at radius 2 is 1.32 bits per heavy atom. The molecule has 112 valence electrons. The van der Waals surface area contributed by atoms with Crippen LogP contribution in [0.3, 0.4) is 0 Å². The number of allylic oxidation sites excluding steroid dienone is 1. The zero-order valence-electron chi connectivity index (χ0n) is 11.8. The molecule has 1 saturated heterocycles. The Hall–Kier alpha value is -0.460. The Morgan fingerprint density at radius 3 is 1.95 bits per heavy atom. The van der Waals surface area contributed by atoms with Gasteiger partial charge in [-0.25, -0.2) is 0 Å². The van der Waals surface area contributed by atoms with E-state index in [2.05, 4.69) is 31.8 Å². The highest BCUT2D eigenvalue weighted by Gasteiger charge is 2.14. The molecule has 0 unspecified atom stereocenters. The molecule has 5 nitrogen and oxygen atoms in total. The molecular formula is C14H26O5. The first-order chi connectivity index (χ1) is 9.43. The molecule has 0 amide bonds. The van der Waals surface area contributed by atoms with Gasteiger partial charge in [-0.3, -0.25) is 0 Å². The van der Waals surface area contributed by atoms with E-state index in [0.717, 1.165) is 6.42 Å². The topological polar surface area (TPSA) is 46.2 Å². The lowest BCUT2D eigenvalue weighted by Crippen LogP contribution is -2.21. The largest absolute Gasteiger partial charge is 0.249 e. The summed E-state index contributed by atoms with van der Waals surface area (Å²) >= 11 is 0. The summed E-state index contributed by atoms with van der Waals surface area (Å²) in [5.74, 6) is 0. The van der Waals surface area contributed by atoms with E-state index in [4.69, 9.17) is 0 Å². The van der Waals surface area contributed by atoms with Crippen LogP contribution in [0.2, 0.25) is 0 Å². The summed E-state index contributed by atoms with van der Waals surface area (Å²) in [4.78, 5) is 9.23. The Morgan fingerprint density at radius 1 is 0.737 bits per heavy atom. The maximum atomic E-state index is 4.61. The highest BCUT2D eigenvalue weighted by molar-refractivity contribution is 4.84. The third-order valence-electron chi connectivity index (χ3n) is 3.09. The quantitative estimate of drug-likeness (QED) is 0.314. The smallest absolute Gasteiger partial charge is 0.164 e. The van der Waals surface area contributed by atoms with E-state index >= 15 is 0 Å². The van der Waals surface area contributed by atoms with Crippen LogP contribution >= 0.6 is 0 Å². The number of hydrogen-bond donors (Lipinski definition) is 0. The maximum Gasteiger partial charge on any atom is 0.249 e. The van der Waals surface area contributed by atoms with Gasteiger partial charge in [0.15, 0.2) is 0 Å². The van der Waals surface area contributed by atoms with Crippen molar-refractivity contribution in [2.75, 3.05) is 0 Å². The van der Waals surface area contributed by atoms with Gasteiger partial charge in [0.1, 0.15) is 0 Å². The molecule has 1 aliphatic heterocycles. The van der Waals surface area contributed by atoms with Crippen LogP contribution in [-0.4, -0.2) is 6.29 Å². The van der Waals surface area contributed by atoms with Gasteiger partial charge in [-0.05, 0) is 34.0 Å². The third-order valence-corrected chi connectivity index (χ3v) is 3.09. The zero-order valence-corrected chi connectivity index (χ0v) is 11.8. The predicted octanol–water partition coefficient (Wildman–Crippen LogP) is 4.55. The third kappa shape index (κ3) is 10.0. The zero-order chi connectivity index (χ0) is 13.6. The summed E-state index contributed by atoms with van der Waals surface area (Å²) in [5, 5.41) is 12.2. The molecule has 1 rings (SSSR count). The SMILES string of the molecule is CCCCCCCCCCCC=CC1OOOOO1. The standard InChI is InChI=1S/C14H26O5/c1-2-3-4-5-6-7-8-9-10-11-12-13-14-15-17-19-18-16-14/h12-14H,2-11H2,1H3. The maximum absolute atomic E-state index is 4.61. The average molecular weight is 274 g/mol. The summed E-state index contributed by atoms with van der Waals surface area (Å²) < 4.78 is 0. The van der Waals surface area contributed by atoms with Crippen LogP contribution < -0.4 is 0 Å². The van der Waals surface area contributed by atoms with Crippen molar-refractivity contribution in [2.45, 2.75) is 77.4 Å². The Kier molecular flexibility index (Phi) is 11.0. The Balaban J connectivity index is 1.79. The first kappa shape index (κ1) is 16.6. The normalized spacial score (nSPS) is 17.3. The van der Waals surface area contributed by atoms with E-state index in [-0.39, 0.29) is 0 Å². The van der Waals surface area contributed by atoms with Gasteiger partial charge >= 0.3 is 0 Å². The van der Waals surface area contributed by atoms with Crippen LogP contribution in [0.1, 0.15) is 71.1 Å². The summed E-state index contributed by atoms with van der Waals surface area (Å²) in [6, 6.07) is 0. The molecular weight excluding hydrogens is 248 g/mol. The van der Waals surface area contributed by atoms with Gasteiger partial charge in [0, 0.05) is 0 Å². The molecule has 0 spiro atoms. The summed E-state index contributed by atoms with van der Waals surface area (Å²) in [6.07, 6.45) is 16.2. The molecule has 0 radical (unpaired) electrons. The highest BCUT2D eigenvalue weighted by Crippen LogP contribution is 2.11. The molecule has 5 heteroatoms. The minimum Gasteiger partial charge on any atom is -0.164 e. The first-order valence-electron chi connectivity index (χ1n) is 7.42. The molecule has 0 aliphatic carbocycles. The lowest BCUT2D eigenvalue weighted by molar-refractivity contribution is -0.781. The summed E-state index contributed by atoms with van der Waals surface area (Å²) in [6.45, 7) is 2.25. The molecule has 0 aromatic carbocycles. The second-order valence-electron chi connectivity index (χ2n) is 4.81. The Bertz CT molecular complexity index is 214. The van der Waals surface area contributed by atoms with Crippen molar-refractivity contribution < 1.29 is 24.9 Å². The van der Waals surface area contributed by atoms with Gasteiger partial charge in [-0.1, -0.05) is 64.4 Å². The van der Waals surface area contributed by atoms with Crippen LogP contribution in [0.15, 0.2) is 12.2 Å². The van der Waals surface area contributed by atoms with Crippen molar-refractivity contribution in [1.82, 2.24) is 0 Å². The Labute approximate surface area is 115 Å². The van der Waals surface area contributed by atoms with Crippen LogP contribution in [-0.2, 0) is 24.9 Å². The van der Waals surface area contributed by atoms with Gasteiger partial charge in [-0.15, -0.1) is 0 Å². The minimum atomic E-state index is -0.646. The number of unbranched alkanes of at least 4 members (excludes halogenated alkanes) is 9. The van der Waals surface area contributed by atoms with Crippen LogP contribution in [0.4, 0.5) is 0 Å². The molecule has 0 aromatic rings. The van der Waals surface area contributed by atoms with Crippen molar-refractivity contribution in [2.24, 2.45) is 0 Å². The highest BCUT2D eigenvalue weighted by atomic mass is 17.8. The van der Waals surface area contributed by atoms with Crippen molar-refractivity contribution >= 4 is 0 Å². The van der Waals surface area contributed by atoms with Gasteiger partial charge in [0.05, 0.1) is 0 Å². The van der Waals surface area contributed by atoms with Crippen LogP contribution in [0.5, 0.6) is 0 Å². The van der Waals surface area contributed by atoms with Gasteiger partial charge in [0.2, 0.25) is 6.29 Å². The van der Waals surface area contributed by atoms with E-state index < -0.39 is 6.29 Å². The first-order valence-corrected chi connectivity index (χ1v) is 7.42. The average Bonchev–Trinajstić information content (AvgIpc) is 2.46. The lowest BCUT2D eigenvalue weighted by Gasteiger charge is -2.13. The van der Waals surface area contributed by atoms with E-state index in [0.29, 0.717) is 0 Å². The van der Waals surface area contributed by atoms with Crippen LogP contribution in [0.25, 0.3) is 0 Å². The lowest BCUT2D eigenvalue weighted by atomic mass is 10.1. The predicted molar refractivity (Wildman–Crippen MR) is 70.2 cm³/mol. The van der Waals surface area contributed by atoms with E-state index in [9.17, 15) is 0 Å². The molecule has 0 saturated carbocycles. The summed E-state index contributed by atoms with van der Waals surface area (Å²) in [7, 11) is 0. The van der Waals surface area contributed by atoms with Crippen molar-refractivity contribution in [3.8, 4) is 0 Å². The van der Waals surface area contributed by atoms with Crippen molar-refractivity contribution in [3.63, 3.8) is 0 Å². The fraction of sp³-hybridized carbons (Fsp3) is 0.857. The molecule has 0 N–H and O–H groups in total. The molecule has 1 heterocycles. The molecule has 0 atom stereocenters.